The lowest BCUT2D eigenvalue weighted by Crippen LogP contribution is -2.23. The average Bonchev–Trinajstić information content (AvgIpc) is 2.64. The normalized spacial score (nSPS) is 21.7. The molecular weight excluding hydrogens is 240 g/mol. The molecule has 0 fully saturated rings. The molecule has 0 spiro atoms. The van der Waals surface area contributed by atoms with E-state index in [1.54, 1.807) is 11.8 Å². The van der Waals surface area contributed by atoms with Crippen LogP contribution >= 0.6 is 23.4 Å². The predicted octanol–water partition coefficient (Wildman–Crippen LogP) is 3.48. The largest absolute Gasteiger partial charge is 0.358 e. The number of hydrogen-bond donors (Lipinski definition) is 1. The molecule has 16 heavy (non-hydrogen) atoms. The Labute approximate surface area is 105 Å². The number of rotatable bonds is 2. The number of aliphatic imine (C=N–C) groups is 1. The summed E-state index contributed by atoms with van der Waals surface area (Å²) < 4.78 is 0. The lowest BCUT2D eigenvalue weighted by Gasteiger charge is -2.16. The van der Waals surface area contributed by atoms with Crippen molar-refractivity contribution in [2.45, 2.75) is 25.1 Å². The van der Waals surface area contributed by atoms with Gasteiger partial charge in [0.15, 0.2) is 5.17 Å². The third kappa shape index (κ3) is 2.71. The molecule has 0 radical (unpaired) electrons. The van der Waals surface area contributed by atoms with Gasteiger partial charge in [-0.05, 0) is 18.6 Å². The highest BCUT2D eigenvalue weighted by Crippen LogP contribution is 2.25. The Morgan fingerprint density at radius 3 is 2.88 bits per heavy atom. The van der Waals surface area contributed by atoms with E-state index in [4.69, 9.17) is 11.6 Å². The van der Waals surface area contributed by atoms with Gasteiger partial charge in [0.25, 0.3) is 0 Å². The van der Waals surface area contributed by atoms with E-state index in [0.29, 0.717) is 5.25 Å². The van der Waals surface area contributed by atoms with Crippen LogP contribution in [-0.2, 0) is 0 Å². The SMILES string of the molecule is CC1CN=C(NC(C)c2ccccc2Cl)S1. The maximum Gasteiger partial charge on any atom is 0.157 e. The highest BCUT2D eigenvalue weighted by molar-refractivity contribution is 8.14. The van der Waals surface area contributed by atoms with Crippen LogP contribution in [0.5, 0.6) is 0 Å². The van der Waals surface area contributed by atoms with Crippen molar-refractivity contribution in [3.05, 3.63) is 34.9 Å². The first-order valence-corrected chi connectivity index (χ1v) is 6.64. The van der Waals surface area contributed by atoms with Crippen molar-refractivity contribution < 1.29 is 0 Å². The molecule has 0 bridgehead atoms. The van der Waals surface area contributed by atoms with Gasteiger partial charge in [-0.1, -0.05) is 48.5 Å². The van der Waals surface area contributed by atoms with Gasteiger partial charge in [0, 0.05) is 10.3 Å². The van der Waals surface area contributed by atoms with Gasteiger partial charge in [-0.25, -0.2) is 0 Å². The topological polar surface area (TPSA) is 24.4 Å². The van der Waals surface area contributed by atoms with Crippen molar-refractivity contribution in [2.75, 3.05) is 6.54 Å². The molecular formula is C12H15ClN2S. The third-order valence-corrected chi connectivity index (χ3v) is 3.88. The molecule has 0 saturated heterocycles. The zero-order valence-electron chi connectivity index (χ0n) is 9.40. The highest BCUT2D eigenvalue weighted by atomic mass is 35.5. The van der Waals surface area contributed by atoms with Crippen LogP contribution in [0.4, 0.5) is 0 Å². The summed E-state index contributed by atoms with van der Waals surface area (Å²) >= 11 is 7.94. The summed E-state index contributed by atoms with van der Waals surface area (Å²) in [5, 5.41) is 5.81. The van der Waals surface area contributed by atoms with E-state index in [0.717, 1.165) is 22.3 Å². The van der Waals surface area contributed by atoms with Crippen LogP contribution in [0.1, 0.15) is 25.5 Å². The van der Waals surface area contributed by atoms with Gasteiger partial charge in [0.1, 0.15) is 0 Å². The summed E-state index contributed by atoms with van der Waals surface area (Å²) in [6.45, 7) is 5.19. The molecule has 0 amide bonds. The van der Waals surface area contributed by atoms with Crippen LogP contribution in [0.25, 0.3) is 0 Å². The molecule has 2 nitrogen and oxygen atoms in total. The van der Waals surface area contributed by atoms with Crippen molar-refractivity contribution in [1.29, 1.82) is 0 Å². The summed E-state index contributed by atoms with van der Waals surface area (Å²) in [4.78, 5) is 4.44. The second-order valence-corrected chi connectivity index (χ2v) is 5.80. The summed E-state index contributed by atoms with van der Waals surface area (Å²) in [5.74, 6) is 0. The van der Waals surface area contributed by atoms with Gasteiger partial charge in [-0.3, -0.25) is 4.99 Å². The number of nitrogens with zero attached hydrogens (tertiary/aromatic N) is 1. The van der Waals surface area contributed by atoms with Crippen LogP contribution in [0, 0.1) is 0 Å². The van der Waals surface area contributed by atoms with E-state index in [1.807, 2.05) is 24.3 Å². The van der Waals surface area contributed by atoms with Gasteiger partial charge in [0.05, 0.1) is 12.6 Å². The lowest BCUT2D eigenvalue weighted by atomic mass is 10.1. The van der Waals surface area contributed by atoms with Gasteiger partial charge in [-0.2, -0.15) is 0 Å². The van der Waals surface area contributed by atoms with Crippen molar-refractivity contribution in [2.24, 2.45) is 4.99 Å². The summed E-state index contributed by atoms with van der Waals surface area (Å²) in [5.41, 5.74) is 1.12. The minimum atomic E-state index is 0.199. The van der Waals surface area contributed by atoms with Crippen LogP contribution in [-0.4, -0.2) is 17.0 Å². The standard InChI is InChI=1S/C12H15ClN2S/c1-8-7-14-12(16-8)15-9(2)10-5-3-4-6-11(10)13/h3-6,8-9H,7H2,1-2H3,(H,14,15). The van der Waals surface area contributed by atoms with E-state index in [9.17, 15) is 0 Å². The molecule has 4 heteroatoms. The maximum atomic E-state index is 6.15. The Bertz CT molecular complexity index is 406. The smallest absolute Gasteiger partial charge is 0.157 e. The molecule has 0 aromatic heterocycles. The van der Waals surface area contributed by atoms with Gasteiger partial charge < -0.3 is 5.32 Å². The molecule has 2 rings (SSSR count). The fourth-order valence-electron chi connectivity index (χ4n) is 1.65. The molecule has 1 aliphatic rings. The molecule has 1 heterocycles. The molecule has 1 aromatic carbocycles. The van der Waals surface area contributed by atoms with Crippen LogP contribution in [0.2, 0.25) is 5.02 Å². The Hall–Kier alpha value is -0.670. The van der Waals surface area contributed by atoms with Crippen molar-refractivity contribution >= 4 is 28.5 Å². The van der Waals surface area contributed by atoms with E-state index in [2.05, 4.69) is 24.2 Å². The Morgan fingerprint density at radius 1 is 1.50 bits per heavy atom. The number of nitrogens with one attached hydrogen (secondary N) is 1. The minimum Gasteiger partial charge on any atom is -0.358 e. The highest BCUT2D eigenvalue weighted by Gasteiger charge is 2.17. The Morgan fingerprint density at radius 2 is 2.25 bits per heavy atom. The molecule has 1 aliphatic heterocycles. The van der Waals surface area contributed by atoms with Crippen LogP contribution in [0.3, 0.4) is 0 Å². The van der Waals surface area contributed by atoms with Crippen LogP contribution < -0.4 is 5.32 Å². The number of benzene rings is 1. The molecule has 0 aliphatic carbocycles. The number of hydrogen-bond acceptors (Lipinski definition) is 3. The second-order valence-electron chi connectivity index (χ2n) is 3.96. The molecule has 0 saturated carbocycles. The summed E-state index contributed by atoms with van der Waals surface area (Å²) in [6.07, 6.45) is 0. The third-order valence-electron chi connectivity index (χ3n) is 2.52. The zero-order valence-corrected chi connectivity index (χ0v) is 11.0. The number of amidine groups is 1. The fraction of sp³-hybridized carbons (Fsp3) is 0.417. The van der Waals surface area contributed by atoms with Gasteiger partial charge >= 0.3 is 0 Å². The van der Waals surface area contributed by atoms with Gasteiger partial charge in [-0.15, -0.1) is 0 Å². The Kier molecular flexibility index (Phi) is 3.77. The molecule has 2 atom stereocenters. The average molecular weight is 255 g/mol. The minimum absolute atomic E-state index is 0.199. The van der Waals surface area contributed by atoms with E-state index >= 15 is 0 Å². The zero-order chi connectivity index (χ0) is 11.5. The van der Waals surface area contributed by atoms with Crippen molar-refractivity contribution in [1.82, 2.24) is 5.32 Å². The molecule has 2 unspecified atom stereocenters. The van der Waals surface area contributed by atoms with Crippen molar-refractivity contribution in [3.63, 3.8) is 0 Å². The first kappa shape index (κ1) is 11.8. The van der Waals surface area contributed by atoms with Gasteiger partial charge in [0.2, 0.25) is 0 Å². The summed E-state index contributed by atoms with van der Waals surface area (Å²) in [7, 11) is 0. The fourth-order valence-corrected chi connectivity index (χ4v) is 2.87. The lowest BCUT2D eigenvalue weighted by molar-refractivity contribution is 0.723. The molecule has 1 aromatic rings. The Balaban J connectivity index is 2.04. The number of halogens is 1. The van der Waals surface area contributed by atoms with Crippen LogP contribution in [0.15, 0.2) is 29.3 Å². The quantitative estimate of drug-likeness (QED) is 0.874. The monoisotopic (exact) mass is 254 g/mol. The number of thioether (sulfide) groups is 1. The summed E-state index contributed by atoms with van der Waals surface area (Å²) in [6, 6.07) is 8.11. The molecule has 1 N–H and O–H groups in total. The second kappa shape index (κ2) is 5.11. The van der Waals surface area contributed by atoms with E-state index < -0.39 is 0 Å². The predicted molar refractivity (Wildman–Crippen MR) is 72.4 cm³/mol. The van der Waals surface area contributed by atoms with Crippen molar-refractivity contribution in [3.8, 4) is 0 Å². The first-order valence-electron chi connectivity index (χ1n) is 5.39. The maximum absolute atomic E-state index is 6.15. The first-order chi connectivity index (χ1) is 7.66. The van der Waals surface area contributed by atoms with E-state index in [1.165, 1.54) is 0 Å². The van der Waals surface area contributed by atoms with E-state index in [-0.39, 0.29) is 6.04 Å². The molecule has 86 valence electrons.